The van der Waals surface area contributed by atoms with Gasteiger partial charge in [0.1, 0.15) is 22.6 Å². The third-order valence-corrected chi connectivity index (χ3v) is 6.47. The fourth-order valence-electron chi connectivity index (χ4n) is 3.70. The number of hydrogen-bond donors (Lipinski definition) is 1. The predicted octanol–water partition coefficient (Wildman–Crippen LogP) is 4.49. The third kappa shape index (κ3) is 6.46. The van der Waals surface area contributed by atoms with Crippen molar-refractivity contribution in [2.45, 2.75) is 18.1 Å². The molecule has 0 aliphatic carbocycles. The van der Waals surface area contributed by atoms with E-state index in [2.05, 4.69) is 15.3 Å². The monoisotopic (exact) mass is 517 g/mol. The van der Waals surface area contributed by atoms with Crippen molar-refractivity contribution in [3.8, 4) is 0 Å². The maximum atomic E-state index is 13.2. The van der Waals surface area contributed by atoms with Gasteiger partial charge in [-0.3, -0.25) is 9.59 Å². The molecule has 182 valence electrons. The Hall–Kier alpha value is -3.24. The number of halogens is 3. The maximum Gasteiger partial charge on any atom is 0.254 e. The molecule has 3 aromatic rings. The Balaban J connectivity index is 1.36. The van der Waals surface area contributed by atoms with E-state index in [1.807, 2.05) is 11.8 Å². The lowest BCUT2D eigenvalue weighted by molar-refractivity contribution is -0.113. The number of amides is 2. The molecular weight excluding hydrogens is 496 g/mol. The number of rotatable bonds is 6. The van der Waals surface area contributed by atoms with E-state index >= 15 is 0 Å². The first-order chi connectivity index (χ1) is 16.8. The number of carbonyl (C=O) groups is 2. The molecule has 0 radical (unpaired) electrons. The highest BCUT2D eigenvalue weighted by Crippen LogP contribution is 2.25. The molecule has 35 heavy (non-hydrogen) atoms. The molecule has 1 atom stereocenters. The summed E-state index contributed by atoms with van der Waals surface area (Å²) in [6.45, 7) is 3.45. The summed E-state index contributed by atoms with van der Waals surface area (Å²) >= 11 is 7.35. The molecule has 0 bridgehead atoms. The molecule has 11 heteroatoms. The number of anilines is 2. The van der Waals surface area contributed by atoms with Crippen LogP contribution in [0.5, 0.6) is 0 Å². The van der Waals surface area contributed by atoms with Crippen molar-refractivity contribution >= 4 is 46.7 Å². The highest BCUT2D eigenvalue weighted by Gasteiger charge is 2.29. The highest BCUT2D eigenvalue weighted by atomic mass is 35.5. The molecule has 2 heterocycles. The van der Waals surface area contributed by atoms with Gasteiger partial charge < -0.3 is 15.1 Å². The second-order valence-electron chi connectivity index (χ2n) is 7.98. The number of nitrogens with one attached hydrogen (secondary N) is 1. The van der Waals surface area contributed by atoms with Gasteiger partial charge in [0.05, 0.1) is 5.75 Å². The summed E-state index contributed by atoms with van der Waals surface area (Å²) in [6.07, 6.45) is 0. The first-order valence-electron chi connectivity index (χ1n) is 10.8. The van der Waals surface area contributed by atoms with Gasteiger partial charge in [-0.15, -0.1) is 0 Å². The SMILES string of the molecule is CC1CN(c2cc(Cl)nc(SCC(=O)Nc3ccc(F)cc3)n2)CCN1C(=O)c1ccc(F)cc1. The van der Waals surface area contributed by atoms with E-state index < -0.39 is 0 Å². The summed E-state index contributed by atoms with van der Waals surface area (Å²) in [6, 6.07) is 12.5. The van der Waals surface area contributed by atoms with Gasteiger partial charge >= 0.3 is 0 Å². The van der Waals surface area contributed by atoms with E-state index in [4.69, 9.17) is 11.6 Å². The van der Waals surface area contributed by atoms with Crippen LogP contribution in [-0.4, -0.2) is 58.1 Å². The van der Waals surface area contributed by atoms with Crippen molar-refractivity contribution in [2.75, 3.05) is 35.6 Å². The number of aromatic nitrogens is 2. The van der Waals surface area contributed by atoms with Crippen LogP contribution in [0.1, 0.15) is 17.3 Å². The summed E-state index contributed by atoms with van der Waals surface area (Å²) in [5, 5.41) is 3.28. The minimum atomic E-state index is -0.387. The van der Waals surface area contributed by atoms with Crippen molar-refractivity contribution in [1.82, 2.24) is 14.9 Å². The van der Waals surface area contributed by atoms with Crippen molar-refractivity contribution in [1.29, 1.82) is 0 Å². The number of nitrogens with zero attached hydrogens (tertiary/aromatic N) is 4. The molecule has 1 unspecified atom stereocenters. The average Bonchev–Trinajstić information content (AvgIpc) is 2.84. The van der Waals surface area contributed by atoms with E-state index in [1.54, 1.807) is 11.0 Å². The molecule has 1 N–H and O–H groups in total. The Bertz CT molecular complexity index is 1210. The molecule has 2 amide bonds. The maximum absolute atomic E-state index is 13.2. The van der Waals surface area contributed by atoms with Crippen LogP contribution >= 0.6 is 23.4 Å². The van der Waals surface area contributed by atoms with Crippen molar-refractivity contribution in [3.63, 3.8) is 0 Å². The highest BCUT2D eigenvalue weighted by molar-refractivity contribution is 7.99. The van der Waals surface area contributed by atoms with Crippen molar-refractivity contribution in [2.24, 2.45) is 0 Å². The molecule has 1 aromatic heterocycles. The topological polar surface area (TPSA) is 78.4 Å². The standard InChI is InChI=1S/C24H22ClF2N5O2S/c1-15-13-31(10-11-32(15)23(34)16-2-4-17(26)5-3-16)21-12-20(25)29-24(30-21)35-14-22(33)28-19-8-6-18(27)7-9-19/h2-9,12,15H,10-11,13-14H2,1H3,(H,28,33). The Morgan fingerprint density at radius 3 is 2.37 bits per heavy atom. The number of piperazine rings is 1. The van der Waals surface area contributed by atoms with Crippen molar-refractivity contribution in [3.05, 3.63) is 76.9 Å². The minimum Gasteiger partial charge on any atom is -0.353 e. The molecule has 0 saturated carbocycles. The van der Waals surface area contributed by atoms with Crippen LogP contribution < -0.4 is 10.2 Å². The van der Waals surface area contributed by atoms with Gasteiger partial charge in [0.15, 0.2) is 5.16 Å². The first kappa shape index (κ1) is 24.9. The second kappa shape index (κ2) is 11.0. The summed E-state index contributed by atoms with van der Waals surface area (Å²) in [4.78, 5) is 37.6. The van der Waals surface area contributed by atoms with Crippen LogP contribution in [0, 0.1) is 11.6 Å². The molecule has 1 aliphatic heterocycles. The second-order valence-corrected chi connectivity index (χ2v) is 9.31. The lowest BCUT2D eigenvalue weighted by Gasteiger charge is -2.40. The minimum absolute atomic E-state index is 0.0491. The lowest BCUT2D eigenvalue weighted by atomic mass is 10.1. The van der Waals surface area contributed by atoms with E-state index in [1.165, 1.54) is 48.5 Å². The zero-order chi connectivity index (χ0) is 24.9. The lowest BCUT2D eigenvalue weighted by Crippen LogP contribution is -2.54. The summed E-state index contributed by atoms with van der Waals surface area (Å²) in [5.74, 6) is -0.552. The van der Waals surface area contributed by atoms with Crippen LogP contribution in [0.15, 0.2) is 59.8 Å². The number of hydrogen-bond acceptors (Lipinski definition) is 6. The van der Waals surface area contributed by atoms with Crippen LogP contribution in [0.4, 0.5) is 20.3 Å². The molecular formula is C24H22ClF2N5O2S. The van der Waals surface area contributed by atoms with Gasteiger partial charge in [-0.2, -0.15) is 0 Å². The third-order valence-electron chi connectivity index (χ3n) is 5.42. The smallest absolute Gasteiger partial charge is 0.254 e. The van der Waals surface area contributed by atoms with E-state index in [0.717, 1.165) is 11.8 Å². The van der Waals surface area contributed by atoms with Crippen molar-refractivity contribution < 1.29 is 18.4 Å². The van der Waals surface area contributed by atoms with E-state index in [0.29, 0.717) is 41.9 Å². The van der Waals surface area contributed by atoms with Crippen LogP contribution in [0.2, 0.25) is 5.15 Å². The number of thioether (sulfide) groups is 1. The van der Waals surface area contributed by atoms with Crippen LogP contribution in [0.3, 0.4) is 0 Å². The van der Waals surface area contributed by atoms with E-state index in [9.17, 15) is 18.4 Å². The van der Waals surface area contributed by atoms with Gasteiger partial charge in [-0.25, -0.2) is 18.7 Å². The van der Waals surface area contributed by atoms with Gasteiger partial charge in [0.2, 0.25) is 5.91 Å². The Kier molecular flexibility index (Phi) is 7.82. The Labute approximate surface area is 210 Å². The largest absolute Gasteiger partial charge is 0.353 e. The normalized spacial score (nSPS) is 15.7. The van der Waals surface area contributed by atoms with Gasteiger partial charge in [-0.1, -0.05) is 23.4 Å². The molecule has 1 saturated heterocycles. The quantitative estimate of drug-likeness (QED) is 0.295. The van der Waals surface area contributed by atoms with Gasteiger partial charge in [0, 0.05) is 43.0 Å². The molecule has 4 rings (SSSR count). The molecule has 1 fully saturated rings. The first-order valence-corrected chi connectivity index (χ1v) is 12.2. The van der Waals surface area contributed by atoms with Gasteiger partial charge in [0.25, 0.3) is 5.91 Å². The fourth-order valence-corrected chi connectivity index (χ4v) is 4.58. The zero-order valence-corrected chi connectivity index (χ0v) is 20.3. The zero-order valence-electron chi connectivity index (χ0n) is 18.7. The number of carbonyl (C=O) groups excluding carboxylic acids is 2. The molecule has 2 aromatic carbocycles. The summed E-state index contributed by atoms with van der Waals surface area (Å²) in [5.41, 5.74) is 0.932. The van der Waals surface area contributed by atoms with Crippen LogP contribution in [0.25, 0.3) is 0 Å². The van der Waals surface area contributed by atoms with Gasteiger partial charge in [-0.05, 0) is 55.5 Å². The predicted molar refractivity (Wildman–Crippen MR) is 132 cm³/mol. The molecule has 0 spiro atoms. The average molecular weight is 518 g/mol. The molecule has 1 aliphatic rings. The summed E-state index contributed by atoms with van der Waals surface area (Å²) < 4.78 is 26.2. The Morgan fingerprint density at radius 1 is 1.06 bits per heavy atom. The Morgan fingerprint density at radius 2 is 1.71 bits per heavy atom. The summed E-state index contributed by atoms with van der Waals surface area (Å²) in [7, 11) is 0. The van der Waals surface area contributed by atoms with Crippen LogP contribution in [-0.2, 0) is 4.79 Å². The fraction of sp³-hybridized carbons (Fsp3) is 0.250. The van der Waals surface area contributed by atoms with E-state index in [-0.39, 0.29) is 40.4 Å². The molecule has 7 nitrogen and oxygen atoms in total. The number of benzene rings is 2.